The van der Waals surface area contributed by atoms with Crippen molar-refractivity contribution in [3.05, 3.63) is 23.8 Å². The molecule has 12 heteroatoms. The second-order valence-electron chi connectivity index (χ2n) is 8.85. The maximum absolute atomic E-state index is 13.7. The summed E-state index contributed by atoms with van der Waals surface area (Å²) in [7, 11) is 0. The molecule has 1 aliphatic rings. The summed E-state index contributed by atoms with van der Waals surface area (Å²) in [6.07, 6.45) is -5.81. The van der Waals surface area contributed by atoms with Gasteiger partial charge in [0.05, 0.1) is 18.8 Å². The quantitative estimate of drug-likeness (QED) is 0.421. The molecule has 3 amide bonds. The van der Waals surface area contributed by atoms with Crippen molar-refractivity contribution in [3.63, 3.8) is 0 Å². The Bertz CT molecular complexity index is 876. The van der Waals surface area contributed by atoms with Crippen molar-refractivity contribution in [2.24, 2.45) is 11.1 Å². The van der Waals surface area contributed by atoms with Gasteiger partial charge in [-0.25, -0.2) is 17.6 Å². The molecule has 0 saturated carbocycles. The summed E-state index contributed by atoms with van der Waals surface area (Å²) >= 11 is 0. The van der Waals surface area contributed by atoms with Gasteiger partial charge in [-0.15, -0.1) is 0 Å². The van der Waals surface area contributed by atoms with Gasteiger partial charge in [0.15, 0.2) is 6.04 Å². The van der Waals surface area contributed by atoms with E-state index in [-0.39, 0.29) is 37.7 Å². The zero-order valence-electron chi connectivity index (χ0n) is 18.6. The molecule has 1 aromatic rings. The first kappa shape index (κ1) is 26.5. The first-order chi connectivity index (χ1) is 15.3. The number of morpholine rings is 1. The largest absolute Gasteiger partial charge is 0.370 e. The molecule has 0 aliphatic carbocycles. The maximum Gasteiger partial charge on any atom is 0.265 e. The third-order valence-corrected chi connectivity index (χ3v) is 4.74. The van der Waals surface area contributed by atoms with Crippen LogP contribution in [0.5, 0.6) is 0 Å². The number of amides is 3. The zero-order valence-corrected chi connectivity index (χ0v) is 18.6. The van der Waals surface area contributed by atoms with Crippen molar-refractivity contribution in [1.82, 2.24) is 4.90 Å². The lowest BCUT2D eigenvalue weighted by Crippen LogP contribution is -2.55. The second kappa shape index (κ2) is 10.9. The lowest BCUT2D eigenvalue weighted by Gasteiger charge is -2.33. The van der Waals surface area contributed by atoms with Crippen molar-refractivity contribution in [2.45, 2.75) is 39.7 Å². The van der Waals surface area contributed by atoms with Gasteiger partial charge in [0, 0.05) is 24.3 Å². The fourth-order valence-electron chi connectivity index (χ4n) is 3.56. The van der Waals surface area contributed by atoms with E-state index in [0.717, 1.165) is 15.9 Å². The Balaban J connectivity index is 2.32. The van der Waals surface area contributed by atoms with E-state index in [1.165, 1.54) is 12.1 Å². The van der Waals surface area contributed by atoms with Crippen molar-refractivity contribution in [3.8, 4) is 0 Å². The predicted octanol–water partition coefficient (Wildman–Crippen LogP) is 2.39. The molecule has 0 unspecified atom stereocenters. The van der Waals surface area contributed by atoms with Crippen LogP contribution in [0.15, 0.2) is 18.2 Å². The van der Waals surface area contributed by atoms with E-state index < -0.39 is 54.1 Å². The molecule has 0 aromatic heterocycles. The number of nitrogens with two attached hydrogens (primary N) is 1. The van der Waals surface area contributed by atoms with Crippen LogP contribution in [0.4, 0.5) is 28.9 Å². The summed E-state index contributed by atoms with van der Waals surface area (Å²) in [5.41, 5.74) is 4.15. The smallest absolute Gasteiger partial charge is 0.265 e. The molecule has 2 rings (SSSR count). The summed E-state index contributed by atoms with van der Waals surface area (Å²) in [4.78, 5) is 39.0. The summed E-state index contributed by atoms with van der Waals surface area (Å²) in [6.45, 7) is 4.32. The molecule has 1 heterocycles. The Kier molecular flexibility index (Phi) is 8.78. The lowest BCUT2D eigenvalue weighted by molar-refractivity contribution is -0.134. The molecule has 0 radical (unpaired) electrons. The van der Waals surface area contributed by atoms with Crippen LogP contribution in [0, 0.1) is 5.41 Å². The molecular weight excluding hydrogens is 448 g/mol. The molecule has 184 valence electrons. The van der Waals surface area contributed by atoms with E-state index in [4.69, 9.17) is 10.5 Å². The Labute approximate surface area is 189 Å². The highest BCUT2D eigenvalue weighted by Crippen LogP contribution is 2.33. The minimum atomic E-state index is -2.98. The highest BCUT2D eigenvalue weighted by molar-refractivity contribution is 6.09. The van der Waals surface area contributed by atoms with E-state index in [1.54, 1.807) is 20.8 Å². The molecule has 1 aromatic carbocycles. The van der Waals surface area contributed by atoms with Crippen molar-refractivity contribution in [1.29, 1.82) is 0 Å². The number of halogens is 4. The van der Waals surface area contributed by atoms with Gasteiger partial charge >= 0.3 is 0 Å². The third kappa shape index (κ3) is 7.39. The fourth-order valence-corrected chi connectivity index (χ4v) is 3.56. The van der Waals surface area contributed by atoms with Crippen molar-refractivity contribution < 1.29 is 36.7 Å². The number of nitrogens with one attached hydrogen (secondary N) is 1. The Morgan fingerprint density at radius 1 is 1.24 bits per heavy atom. The number of carbonyl (C=O) groups is 3. The number of primary amides is 1. The SMILES string of the molecule is CC(C)(C)CN(CC(F)F)[C@@H](C(N)=O)C(=O)Nc1ccc(N2CCOCC2=O)c(C(F)F)c1. The van der Waals surface area contributed by atoms with Crippen LogP contribution >= 0.6 is 0 Å². The number of hydrogen-bond acceptors (Lipinski definition) is 5. The Morgan fingerprint density at radius 3 is 2.42 bits per heavy atom. The fraction of sp³-hybridized carbons (Fsp3) is 0.571. The summed E-state index contributed by atoms with van der Waals surface area (Å²) in [5, 5.41) is 2.31. The Morgan fingerprint density at radius 2 is 1.91 bits per heavy atom. The molecular formula is C21H28F4N4O4. The number of hydrogen-bond donors (Lipinski definition) is 2. The molecule has 1 saturated heterocycles. The van der Waals surface area contributed by atoms with E-state index in [9.17, 15) is 31.9 Å². The van der Waals surface area contributed by atoms with Gasteiger partial charge in [-0.05, 0) is 23.6 Å². The highest BCUT2D eigenvalue weighted by atomic mass is 19.3. The highest BCUT2D eigenvalue weighted by Gasteiger charge is 2.35. The molecule has 0 bridgehead atoms. The second-order valence-corrected chi connectivity index (χ2v) is 8.85. The van der Waals surface area contributed by atoms with Gasteiger partial charge in [0.25, 0.3) is 24.7 Å². The first-order valence-corrected chi connectivity index (χ1v) is 10.2. The normalized spacial score (nSPS) is 15.9. The minimum Gasteiger partial charge on any atom is -0.370 e. The van der Waals surface area contributed by atoms with Crippen LogP contribution in [0.25, 0.3) is 0 Å². The maximum atomic E-state index is 13.7. The number of anilines is 2. The average molecular weight is 476 g/mol. The van der Waals surface area contributed by atoms with E-state index in [1.807, 2.05) is 0 Å². The van der Waals surface area contributed by atoms with Gasteiger partial charge in [0.2, 0.25) is 5.91 Å². The van der Waals surface area contributed by atoms with Crippen LogP contribution < -0.4 is 16.0 Å². The topological polar surface area (TPSA) is 105 Å². The lowest BCUT2D eigenvalue weighted by atomic mass is 9.95. The van der Waals surface area contributed by atoms with E-state index in [0.29, 0.717) is 0 Å². The molecule has 8 nitrogen and oxygen atoms in total. The molecule has 1 aliphatic heterocycles. The van der Waals surface area contributed by atoms with Crippen LogP contribution in [-0.2, 0) is 19.1 Å². The average Bonchev–Trinajstić information content (AvgIpc) is 2.66. The third-order valence-electron chi connectivity index (χ3n) is 4.74. The molecule has 0 spiro atoms. The summed E-state index contributed by atoms with van der Waals surface area (Å²) in [6, 6.07) is 1.75. The Hall–Kier alpha value is -2.73. The van der Waals surface area contributed by atoms with Gasteiger partial charge < -0.3 is 20.7 Å². The summed E-state index contributed by atoms with van der Waals surface area (Å²) < 4.78 is 58.7. The minimum absolute atomic E-state index is 0.0326. The number of alkyl halides is 4. The van der Waals surface area contributed by atoms with E-state index >= 15 is 0 Å². The monoisotopic (exact) mass is 476 g/mol. The number of nitrogens with zero attached hydrogens (tertiary/aromatic N) is 2. The van der Waals surface area contributed by atoms with E-state index in [2.05, 4.69) is 5.32 Å². The van der Waals surface area contributed by atoms with Gasteiger partial charge in [0.1, 0.15) is 6.61 Å². The number of carbonyl (C=O) groups excluding carboxylic acids is 3. The number of ether oxygens (including phenoxy) is 1. The standard InChI is InChI=1S/C21H28F4N4O4/c1-21(2,3)11-28(9-15(22)23)17(19(26)31)20(32)27-12-4-5-14(13(8-12)18(24)25)29-6-7-33-10-16(29)30/h4-5,8,15,17-18H,6-7,9-11H2,1-3H3,(H2,26,31)(H,27,32)/t17-/m0/s1. The van der Waals surface area contributed by atoms with Gasteiger partial charge in [-0.2, -0.15) is 0 Å². The molecule has 1 atom stereocenters. The predicted molar refractivity (Wildman–Crippen MR) is 113 cm³/mol. The molecule has 33 heavy (non-hydrogen) atoms. The van der Waals surface area contributed by atoms with Crippen LogP contribution in [0.2, 0.25) is 0 Å². The number of benzene rings is 1. The molecule has 1 fully saturated rings. The van der Waals surface area contributed by atoms with Crippen molar-refractivity contribution in [2.75, 3.05) is 43.1 Å². The van der Waals surface area contributed by atoms with Crippen molar-refractivity contribution >= 4 is 29.1 Å². The molecule has 3 N–H and O–H groups in total. The van der Waals surface area contributed by atoms with Gasteiger partial charge in [-0.3, -0.25) is 19.3 Å². The summed E-state index contributed by atoms with van der Waals surface area (Å²) in [5.74, 6) is -2.66. The first-order valence-electron chi connectivity index (χ1n) is 10.2. The van der Waals surface area contributed by atoms with Crippen LogP contribution in [0.1, 0.15) is 32.8 Å². The number of rotatable bonds is 9. The van der Waals surface area contributed by atoms with Crippen LogP contribution in [-0.4, -0.2) is 67.9 Å². The van der Waals surface area contributed by atoms with Crippen LogP contribution in [0.3, 0.4) is 0 Å². The zero-order chi connectivity index (χ0) is 24.9. The van der Waals surface area contributed by atoms with Gasteiger partial charge in [-0.1, -0.05) is 20.8 Å².